The topological polar surface area (TPSA) is 9.29 Å². The van der Waals surface area contributed by atoms with E-state index in [0.29, 0.717) is 5.69 Å². The van der Waals surface area contributed by atoms with Crippen molar-refractivity contribution in [2.45, 2.75) is 0 Å². The van der Waals surface area contributed by atoms with E-state index in [0.717, 1.165) is 27.5 Å². The van der Waals surface area contributed by atoms with Gasteiger partial charge in [-0.25, -0.2) is 4.85 Å². The van der Waals surface area contributed by atoms with Gasteiger partial charge in [0.2, 0.25) is 0 Å². The Bertz CT molecular complexity index is 3260. The molecule has 0 unspecified atom stereocenters. The lowest BCUT2D eigenvalue weighted by Crippen LogP contribution is -1.96. The first kappa shape index (κ1) is 27.9. The van der Waals surface area contributed by atoms with Crippen molar-refractivity contribution in [3.05, 3.63) is 181 Å². The molecular weight excluding hydrogens is 617 g/mol. The summed E-state index contributed by atoms with van der Waals surface area (Å²) in [4.78, 5) is 3.97. The molecule has 10 aromatic carbocycles. The summed E-state index contributed by atoms with van der Waals surface area (Å²) in [6.07, 6.45) is 0. The van der Waals surface area contributed by atoms with Crippen LogP contribution in [-0.2, 0) is 0 Å². The highest BCUT2D eigenvalue weighted by atomic mass is 15.0. The van der Waals surface area contributed by atoms with E-state index in [4.69, 9.17) is 6.57 Å². The van der Waals surface area contributed by atoms with Crippen molar-refractivity contribution in [3.8, 4) is 27.9 Å². The molecule has 0 fully saturated rings. The van der Waals surface area contributed by atoms with E-state index < -0.39 is 0 Å². The van der Waals surface area contributed by atoms with Crippen LogP contribution < -0.4 is 0 Å². The normalized spacial score (nSPS) is 11.9. The van der Waals surface area contributed by atoms with Crippen LogP contribution in [0.3, 0.4) is 0 Å². The molecule has 234 valence electrons. The predicted molar refractivity (Wildman–Crippen MR) is 217 cm³/mol. The number of hydrogen-bond donors (Lipinski definition) is 0. The third-order valence-electron chi connectivity index (χ3n) is 11.0. The summed E-state index contributed by atoms with van der Waals surface area (Å²) in [5.41, 5.74) is 8.98. The minimum atomic E-state index is 0.683. The summed E-state index contributed by atoms with van der Waals surface area (Å²) in [6, 6.07) is 61.5. The number of benzene rings is 10. The number of hydrogen-bond acceptors (Lipinski definition) is 0. The van der Waals surface area contributed by atoms with E-state index >= 15 is 0 Å². The molecule has 11 aromatic rings. The molecule has 0 spiro atoms. The van der Waals surface area contributed by atoms with Gasteiger partial charge < -0.3 is 4.57 Å². The zero-order valence-electron chi connectivity index (χ0n) is 27.6. The molecule has 0 aliphatic rings. The maximum absolute atomic E-state index is 8.05. The molecule has 0 atom stereocenters. The molecule has 0 radical (unpaired) electrons. The van der Waals surface area contributed by atoms with Gasteiger partial charge in [0.1, 0.15) is 0 Å². The fraction of sp³-hybridized carbons (Fsp3) is 0. The Morgan fingerprint density at radius 1 is 0.353 bits per heavy atom. The molecule has 51 heavy (non-hydrogen) atoms. The summed E-state index contributed by atoms with van der Waals surface area (Å²) in [5, 5.41) is 14.4. The van der Waals surface area contributed by atoms with Gasteiger partial charge in [-0.05, 0) is 88.9 Å². The van der Waals surface area contributed by atoms with Crippen molar-refractivity contribution in [1.82, 2.24) is 4.57 Å². The van der Waals surface area contributed by atoms with Gasteiger partial charge in [0.05, 0.1) is 23.3 Å². The van der Waals surface area contributed by atoms with Gasteiger partial charge >= 0.3 is 0 Å². The van der Waals surface area contributed by atoms with Gasteiger partial charge in [-0.3, -0.25) is 0 Å². The number of fused-ring (bicyclic) bond motifs is 5. The molecule has 0 N–H and O–H groups in total. The Kier molecular flexibility index (Phi) is 5.77. The summed E-state index contributed by atoms with van der Waals surface area (Å²) in [6.45, 7) is 8.05. The first-order valence-corrected chi connectivity index (χ1v) is 17.4. The highest BCUT2D eigenvalue weighted by Gasteiger charge is 2.23. The molecule has 1 aromatic heterocycles. The third kappa shape index (κ3) is 3.86. The molecule has 2 nitrogen and oxygen atoms in total. The van der Waals surface area contributed by atoms with Crippen LogP contribution in [0.1, 0.15) is 0 Å². The van der Waals surface area contributed by atoms with Crippen LogP contribution >= 0.6 is 0 Å². The van der Waals surface area contributed by atoms with Crippen molar-refractivity contribution < 1.29 is 0 Å². The minimum absolute atomic E-state index is 0.683. The average molecular weight is 645 g/mol. The second-order valence-corrected chi connectivity index (χ2v) is 13.5. The summed E-state index contributed by atoms with van der Waals surface area (Å²) < 4.78 is 2.43. The fourth-order valence-electron chi connectivity index (χ4n) is 8.78. The van der Waals surface area contributed by atoms with Gasteiger partial charge in [-0.15, -0.1) is 0 Å². The Morgan fingerprint density at radius 2 is 0.863 bits per heavy atom. The minimum Gasteiger partial charge on any atom is -0.309 e. The lowest BCUT2D eigenvalue weighted by molar-refractivity contribution is 1.20. The van der Waals surface area contributed by atoms with E-state index in [-0.39, 0.29) is 0 Å². The molecule has 1 heterocycles. The van der Waals surface area contributed by atoms with Gasteiger partial charge in [-0.2, -0.15) is 0 Å². The highest BCUT2D eigenvalue weighted by Crippen LogP contribution is 2.48. The zero-order valence-corrected chi connectivity index (χ0v) is 27.6. The van der Waals surface area contributed by atoms with Crippen molar-refractivity contribution in [2.24, 2.45) is 0 Å². The molecule has 0 aliphatic heterocycles. The second kappa shape index (κ2) is 10.5. The van der Waals surface area contributed by atoms with E-state index in [1.165, 1.54) is 76.1 Å². The predicted octanol–water partition coefficient (Wildman–Crippen LogP) is 13.9. The molecule has 11 rings (SSSR count). The highest BCUT2D eigenvalue weighted by molar-refractivity contribution is 6.30. The average Bonchev–Trinajstić information content (AvgIpc) is 3.54. The van der Waals surface area contributed by atoms with Gasteiger partial charge in [0.15, 0.2) is 5.69 Å². The van der Waals surface area contributed by atoms with Crippen molar-refractivity contribution in [3.63, 3.8) is 0 Å². The van der Waals surface area contributed by atoms with Crippen molar-refractivity contribution in [2.75, 3.05) is 0 Å². The fourth-order valence-corrected chi connectivity index (χ4v) is 8.78. The maximum atomic E-state index is 8.05. The summed E-state index contributed by atoms with van der Waals surface area (Å²) in [5.74, 6) is 0. The quantitative estimate of drug-likeness (QED) is 0.134. The maximum Gasteiger partial charge on any atom is 0.195 e. The summed E-state index contributed by atoms with van der Waals surface area (Å²) >= 11 is 0. The zero-order chi connectivity index (χ0) is 33.6. The first-order chi connectivity index (χ1) is 25.3. The van der Waals surface area contributed by atoms with Crippen LogP contribution in [0.5, 0.6) is 0 Å². The number of rotatable bonds is 3. The van der Waals surface area contributed by atoms with Crippen LogP contribution in [0.4, 0.5) is 5.69 Å². The smallest absolute Gasteiger partial charge is 0.195 e. The lowest BCUT2D eigenvalue weighted by atomic mass is 9.88. The molecular formula is C49H28N2. The SMILES string of the molecule is [C-]#[N+]c1ccc2c3c1ccc1c(-c4ccc(-c5cccc6ccccc56)c5ccccc45)ccc(c13)n2-c1cc2ccccc2c2ccccc12. The molecule has 0 saturated carbocycles. The van der Waals surface area contributed by atoms with Gasteiger partial charge in [0, 0.05) is 16.2 Å². The van der Waals surface area contributed by atoms with E-state index in [9.17, 15) is 0 Å². The van der Waals surface area contributed by atoms with Crippen molar-refractivity contribution in [1.29, 1.82) is 0 Å². The largest absolute Gasteiger partial charge is 0.309 e. The monoisotopic (exact) mass is 644 g/mol. The Labute approximate surface area is 294 Å². The second-order valence-electron chi connectivity index (χ2n) is 13.5. The van der Waals surface area contributed by atoms with E-state index in [1.54, 1.807) is 0 Å². The Balaban J connectivity index is 1.23. The molecule has 0 saturated heterocycles. The van der Waals surface area contributed by atoms with Crippen LogP contribution in [0, 0.1) is 6.57 Å². The number of nitrogens with zero attached hydrogens (tertiary/aromatic N) is 2. The third-order valence-corrected chi connectivity index (χ3v) is 11.0. The standard InChI is InChI=1S/C49H28N2/c1-50-44-26-28-46-49-43(44)24-23-42-40(39-22-21-38(36-17-6-7-18-37(36)39)34-20-10-13-30-11-2-4-14-32(30)34)25-27-45(48(42)49)51(46)47-29-31-12-3-5-15-33(31)35-16-8-9-19-41(35)47/h2-29H. The molecule has 0 bridgehead atoms. The Morgan fingerprint density at radius 3 is 1.61 bits per heavy atom. The lowest BCUT2D eigenvalue weighted by Gasteiger charge is -2.16. The summed E-state index contributed by atoms with van der Waals surface area (Å²) in [7, 11) is 0. The van der Waals surface area contributed by atoms with Gasteiger partial charge in [-0.1, -0.05) is 152 Å². The molecule has 2 heteroatoms. The van der Waals surface area contributed by atoms with Gasteiger partial charge in [0.25, 0.3) is 0 Å². The Hall–Kier alpha value is -6.95. The first-order valence-electron chi connectivity index (χ1n) is 17.4. The molecule has 0 amide bonds. The van der Waals surface area contributed by atoms with Crippen LogP contribution in [0.2, 0.25) is 0 Å². The molecule has 0 aliphatic carbocycles. The van der Waals surface area contributed by atoms with E-state index in [2.05, 4.69) is 173 Å². The van der Waals surface area contributed by atoms with Crippen molar-refractivity contribution >= 4 is 81.4 Å². The van der Waals surface area contributed by atoms with Crippen LogP contribution in [-0.4, -0.2) is 4.57 Å². The number of aromatic nitrogens is 1. The van der Waals surface area contributed by atoms with E-state index in [1.807, 2.05) is 6.07 Å². The van der Waals surface area contributed by atoms with Crippen LogP contribution in [0.15, 0.2) is 170 Å². The van der Waals surface area contributed by atoms with Crippen LogP contribution in [0.25, 0.3) is 108 Å².